The third kappa shape index (κ3) is 69.4. The Balaban J connectivity index is 3.36. The standard InChI is InChI=1S/C78H151NO5/c1-3-5-7-9-11-13-15-17-19-20-21-33-36-39-43-46-50-54-58-62-66-70-76(81)75(74-80)79-77(82)71-67-63-59-55-51-47-44-40-37-34-31-29-27-25-23-22-24-26-28-30-32-35-38-41-45-49-53-57-61-65-69-73-84-78(83)72-68-64-60-56-52-48-42-18-16-14-12-10-8-6-4-2/h18,24,26,42,75-76,80-81H,3-17,19-23,25,27-41,43-74H2,1-2H3,(H,79,82)/b26-24-,42-18-. The van der Waals surface area contributed by atoms with E-state index in [2.05, 4.69) is 43.5 Å². The van der Waals surface area contributed by atoms with Gasteiger partial charge in [0, 0.05) is 12.8 Å². The first-order valence-corrected chi connectivity index (χ1v) is 38.6. The second-order valence-corrected chi connectivity index (χ2v) is 26.7. The topological polar surface area (TPSA) is 95.9 Å². The minimum absolute atomic E-state index is 0.0107. The summed E-state index contributed by atoms with van der Waals surface area (Å²) in [4.78, 5) is 24.6. The molecule has 2 unspecified atom stereocenters. The Morgan fingerprint density at radius 1 is 0.321 bits per heavy atom. The minimum atomic E-state index is -0.664. The number of rotatable bonds is 73. The molecule has 0 aliphatic heterocycles. The first-order chi connectivity index (χ1) is 41.5. The summed E-state index contributed by atoms with van der Waals surface area (Å²) in [5.74, 6) is -0.0172. The molecule has 2 atom stereocenters. The molecule has 0 saturated heterocycles. The molecule has 0 radical (unpaired) electrons. The molecule has 0 aromatic carbocycles. The highest BCUT2D eigenvalue weighted by Crippen LogP contribution is 2.20. The molecule has 0 aromatic rings. The zero-order valence-corrected chi connectivity index (χ0v) is 57.2. The highest BCUT2D eigenvalue weighted by atomic mass is 16.5. The summed E-state index contributed by atoms with van der Waals surface area (Å²) >= 11 is 0. The molecule has 6 heteroatoms. The molecule has 0 aromatic heterocycles. The lowest BCUT2D eigenvalue weighted by atomic mass is 10.0. The molecular formula is C78H151NO5. The lowest BCUT2D eigenvalue weighted by molar-refractivity contribution is -0.143. The number of unbranched alkanes of at least 4 members (excludes halogenated alkanes) is 58. The molecule has 1 amide bonds. The van der Waals surface area contributed by atoms with Gasteiger partial charge in [0.25, 0.3) is 0 Å². The van der Waals surface area contributed by atoms with Gasteiger partial charge >= 0.3 is 5.97 Å². The van der Waals surface area contributed by atoms with Crippen LogP contribution in [0.15, 0.2) is 24.3 Å². The van der Waals surface area contributed by atoms with E-state index in [9.17, 15) is 19.8 Å². The van der Waals surface area contributed by atoms with Crippen molar-refractivity contribution < 1.29 is 24.5 Å². The van der Waals surface area contributed by atoms with Crippen LogP contribution in [0.4, 0.5) is 0 Å². The van der Waals surface area contributed by atoms with Crippen molar-refractivity contribution in [2.45, 2.75) is 450 Å². The first kappa shape index (κ1) is 82.3. The maximum Gasteiger partial charge on any atom is 0.305 e. The third-order valence-corrected chi connectivity index (χ3v) is 18.2. The number of carbonyl (C=O) groups is 2. The third-order valence-electron chi connectivity index (χ3n) is 18.2. The highest BCUT2D eigenvalue weighted by molar-refractivity contribution is 5.76. The van der Waals surface area contributed by atoms with E-state index in [1.165, 1.54) is 360 Å². The van der Waals surface area contributed by atoms with Gasteiger partial charge in [-0.15, -0.1) is 0 Å². The van der Waals surface area contributed by atoms with Crippen LogP contribution < -0.4 is 5.32 Å². The number of hydrogen-bond donors (Lipinski definition) is 3. The van der Waals surface area contributed by atoms with E-state index < -0.39 is 12.1 Å². The van der Waals surface area contributed by atoms with Gasteiger partial charge in [0.05, 0.1) is 25.4 Å². The summed E-state index contributed by atoms with van der Waals surface area (Å²) in [7, 11) is 0. The largest absolute Gasteiger partial charge is 0.466 e. The van der Waals surface area contributed by atoms with Gasteiger partial charge in [-0.2, -0.15) is 0 Å². The van der Waals surface area contributed by atoms with Crippen molar-refractivity contribution in [2.24, 2.45) is 0 Å². The van der Waals surface area contributed by atoms with Gasteiger partial charge in [-0.1, -0.05) is 372 Å². The highest BCUT2D eigenvalue weighted by Gasteiger charge is 2.20. The second-order valence-electron chi connectivity index (χ2n) is 26.7. The molecule has 0 aliphatic carbocycles. The zero-order valence-electron chi connectivity index (χ0n) is 57.2. The van der Waals surface area contributed by atoms with Crippen molar-refractivity contribution in [1.82, 2.24) is 5.32 Å². The average molecular weight is 1180 g/mol. The van der Waals surface area contributed by atoms with Crippen molar-refractivity contribution in [3.63, 3.8) is 0 Å². The number of amides is 1. The Kier molecular flexibility index (Phi) is 72.3. The smallest absolute Gasteiger partial charge is 0.305 e. The summed E-state index contributed by atoms with van der Waals surface area (Å²) in [6.07, 6.45) is 94.0. The van der Waals surface area contributed by atoms with Gasteiger partial charge in [-0.3, -0.25) is 9.59 Å². The number of aliphatic hydroxyl groups is 2. The molecule has 0 fully saturated rings. The fourth-order valence-electron chi connectivity index (χ4n) is 12.3. The monoisotopic (exact) mass is 1180 g/mol. The van der Waals surface area contributed by atoms with E-state index in [0.29, 0.717) is 25.9 Å². The lowest BCUT2D eigenvalue weighted by Gasteiger charge is -2.22. The Morgan fingerprint density at radius 2 is 0.560 bits per heavy atom. The predicted molar refractivity (Wildman–Crippen MR) is 370 cm³/mol. The van der Waals surface area contributed by atoms with Gasteiger partial charge in [-0.05, 0) is 77.0 Å². The van der Waals surface area contributed by atoms with Crippen LogP contribution >= 0.6 is 0 Å². The van der Waals surface area contributed by atoms with Crippen LogP contribution in [-0.2, 0) is 14.3 Å². The number of esters is 1. The molecule has 3 N–H and O–H groups in total. The fourth-order valence-corrected chi connectivity index (χ4v) is 12.3. The molecule has 6 nitrogen and oxygen atoms in total. The van der Waals surface area contributed by atoms with Crippen molar-refractivity contribution in [3.8, 4) is 0 Å². The van der Waals surface area contributed by atoms with Crippen molar-refractivity contribution in [2.75, 3.05) is 13.2 Å². The van der Waals surface area contributed by atoms with E-state index in [4.69, 9.17) is 4.74 Å². The quantitative estimate of drug-likeness (QED) is 0.0320. The zero-order chi connectivity index (χ0) is 60.6. The minimum Gasteiger partial charge on any atom is -0.466 e. The fraction of sp³-hybridized carbons (Fsp3) is 0.923. The molecule has 0 aliphatic rings. The molecule has 84 heavy (non-hydrogen) atoms. The summed E-state index contributed by atoms with van der Waals surface area (Å²) in [6, 6.07) is -0.541. The van der Waals surface area contributed by atoms with Crippen LogP contribution in [0.5, 0.6) is 0 Å². The molecule has 498 valence electrons. The number of carbonyl (C=O) groups excluding carboxylic acids is 2. The number of allylic oxidation sites excluding steroid dienone is 4. The van der Waals surface area contributed by atoms with Crippen LogP contribution in [0.25, 0.3) is 0 Å². The van der Waals surface area contributed by atoms with Crippen LogP contribution in [0, 0.1) is 0 Å². The van der Waals surface area contributed by atoms with Gasteiger partial charge in [0.2, 0.25) is 5.91 Å². The number of nitrogens with one attached hydrogen (secondary N) is 1. The summed E-state index contributed by atoms with van der Waals surface area (Å²) in [5, 5.41) is 23.4. The van der Waals surface area contributed by atoms with E-state index in [0.717, 1.165) is 44.9 Å². The van der Waals surface area contributed by atoms with Gasteiger partial charge in [0.1, 0.15) is 0 Å². The summed E-state index contributed by atoms with van der Waals surface area (Å²) in [6.45, 7) is 4.99. The normalized spacial score (nSPS) is 12.6. The number of hydrogen-bond acceptors (Lipinski definition) is 5. The molecule has 0 saturated carbocycles. The maximum atomic E-state index is 12.6. The van der Waals surface area contributed by atoms with Crippen LogP contribution in [0.1, 0.15) is 438 Å². The SMILES string of the molecule is CCCCCCCC/C=C\CCCCCCCC(=O)OCCCCCCCCCCCCCC/C=C\CCCCCCCCCCCCCCCCCC(=O)NC(CO)C(O)CCCCCCCCCCCCCCCCCCCCCCC. The van der Waals surface area contributed by atoms with Crippen molar-refractivity contribution >= 4 is 11.9 Å². The van der Waals surface area contributed by atoms with Crippen molar-refractivity contribution in [3.05, 3.63) is 24.3 Å². The van der Waals surface area contributed by atoms with E-state index in [1.54, 1.807) is 0 Å². The molecule has 0 bridgehead atoms. The number of aliphatic hydroxyl groups excluding tert-OH is 2. The maximum absolute atomic E-state index is 12.6. The van der Waals surface area contributed by atoms with E-state index in [1.807, 2.05) is 0 Å². The van der Waals surface area contributed by atoms with Gasteiger partial charge in [0.15, 0.2) is 0 Å². The summed E-state index contributed by atoms with van der Waals surface area (Å²) in [5.41, 5.74) is 0. The van der Waals surface area contributed by atoms with Crippen molar-refractivity contribution in [1.29, 1.82) is 0 Å². The second kappa shape index (κ2) is 73.8. The van der Waals surface area contributed by atoms with Crippen LogP contribution in [0.3, 0.4) is 0 Å². The Labute approximate surface area is 526 Å². The van der Waals surface area contributed by atoms with Gasteiger partial charge < -0.3 is 20.3 Å². The van der Waals surface area contributed by atoms with Gasteiger partial charge in [-0.25, -0.2) is 0 Å². The Bertz CT molecular complexity index is 1320. The first-order valence-electron chi connectivity index (χ1n) is 38.6. The van der Waals surface area contributed by atoms with Crippen LogP contribution in [0.2, 0.25) is 0 Å². The predicted octanol–water partition coefficient (Wildman–Crippen LogP) is 25.3. The molecule has 0 spiro atoms. The number of ether oxygens (including phenoxy) is 1. The van der Waals surface area contributed by atoms with Crippen LogP contribution in [-0.4, -0.2) is 47.4 Å². The lowest BCUT2D eigenvalue weighted by Crippen LogP contribution is -2.45. The average Bonchev–Trinajstić information content (AvgIpc) is 3.51. The molecular weight excluding hydrogens is 1030 g/mol. The Hall–Kier alpha value is -1.66. The Morgan fingerprint density at radius 3 is 0.845 bits per heavy atom. The molecule has 0 rings (SSSR count). The summed E-state index contributed by atoms with van der Waals surface area (Å²) < 4.78 is 5.49. The molecule has 0 heterocycles. The van der Waals surface area contributed by atoms with E-state index >= 15 is 0 Å². The van der Waals surface area contributed by atoms with E-state index in [-0.39, 0.29) is 18.5 Å².